The summed E-state index contributed by atoms with van der Waals surface area (Å²) in [7, 11) is 0. The van der Waals surface area contributed by atoms with Crippen LogP contribution in [0.15, 0.2) is 11.6 Å². The Bertz CT molecular complexity index is 352. The first-order valence-electron chi connectivity index (χ1n) is 5.66. The summed E-state index contributed by atoms with van der Waals surface area (Å²) in [5.74, 6) is -0.477. The molecule has 1 atom stereocenters. The van der Waals surface area contributed by atoms with Crippen LogP contribution >= 0.6 is 0 Å². The molecule has 3 heteroatoms. The molecule has 0 aromatic heterocycles. The lowest BCUT2D eigenvalue weighted by atomic mass is 9.64. The number of rotatable bonds is 2. The predicted molar refractivity (Wildman–Crippen MR) is 62.0 cm³/mol. The van der Waals surface area contributed by atoms with Crippen molar-refractivity contribution in [1.29, 1.82) is 0 Å². The van der Waals surface area contributed by atoms with Gasteiger partial charge in [0.2, 0.25) is 0 Å². The van der Waals surface area contributed by atoms with Gasteiger partial charge in [0, 0.05) is 12.3 Å². The number of carbonyl (C=O) groups is 2. The Kier molecular flexibility index (Phi) is 3.27. The van der Waals surface area contributed by atoms with Crippen LogP contribution in [-0.2, 0) is 14.3 Å². The lowest BCUT2D eigenvalue weighted by Crippen LogP contribution is -2.55. The lowest BCUT2D eigenvalue weighted by Gasteiger charge is -2.46. The molecular formula is C13H20O3. The van der Waals surface area contributed by atoms with Crippen LogP contribution in [0.4, 0.5) is 0 Å². The van der Waals surface area contributed by atoms with E-state index in [1.165, 1.54) is 6.92 Å². The standard InChI is InChI=1S/C13H20O3/c1-6-13(16-10(3)14)11(15)7-9(2)8-12(13,4)5/h7H,6,8H2,1-5H3. The Balaban J connectivity index is 3.24. The van der Waals surface area contributed by atoms with E-state index in [9.17, 15) is 9.59 Å². The van der Waals surface area contributed by atoms with Gasteiger partial charge in [-0.3, -0.25) is 9.59 Å². The van der Waals surface area contributed by atoms with Gasteiger partial charge in [0.1, 0.15) is 0 Å². The highest BCUT2D eigenvalue weighted by Gasteiger charge is 2.53. The second-order valence-corrected chi connectivity index (χ2v) is 5.19. The van der Waals surface area contributed by atoms with Crippen LogP contribution in [0.1, 0.15) is 47.5 Å². The van der Waals surface area contributed by atoms with Crippen molar-refractivity contribution in [3.8, 4) is 0 Å². The van der Waals surface area contributed by atoms with Crippen molar-refractivity contribution >= 4 is 11.8 Å². The molecule has 1 unspecified atom stereocenters. The van der Waals surface area contributed by atoms with Crippen molar-refractivity contribution in [2.75, 3.05) is 0 Å². The van der Waals surface area contributed by atoms with E-state index in [0.717, 1.165) is 12.0 Å². The van der Waals surface area contributed by atoms with Gasteiger partial charge in [0.25, 0.3) is 0 Å². The van der Waals surface area contributed by atoms with E-state index < -0.39 is 11.6 Å². The number of carbonyl (C=O) groups excluding carboxylic acids is 2. The summed E-state index contributed by atoms with van der Waals surface area (Å²) in [5.41, 5.74) is -0.284. The Morgan fingerprint density at radius 3 is 2.44 bits per heavy atom. The zero-order valence-corrected chi connectivity index (χ0v) is 10.7. The Labute approximate surface area is 96.9 Å². The predicted octanol–water partition coefficient (Wildman–Crippen LogP) is 2.64. The summed E-state index contributed by atoms with van der Waals surface area (Å²) in [6, 6.07) is 0. The summed E-state index contributed by atoms with van der Waals surface area (Å²) in [6.07, 6.45) is 2.90. The van der Waals surface area contributed by atoms with Crippen LogP contribution in [0.2, 0.25) is 0 Å². The normalized spacial score (nSPS) is 28.6. The van der Waals surface area contributed by atoms with Crippen LogP contribution in [-0.4, -0.2) is 17.4 Å². The maximum Gasteiger partial charge on any atom is 0.303 e. The van der Waals surface area contributed by atoms with Crippen molar-refractivity contribution < 1.29 is 14.3 Å². The summed E-state index contributed by atoms with van der Waals surface area (Å²) >= 11 is 0. The second-order valence-electron chi connectivity index (χ2n) is 5.19. The van der Waals surface area contributed by atoms with E-state index in [2.05, 4.69) is 0 Å². The quantitative estimate of drug-likeness (QED) is 0.677. The lowest BCUT2D eigenvalue weighted by molar-refractivity contribution is -0.179. The molecule has 0 amide bonds. The molecule has 0 aromatic carbocycles. The highest BCUT2D eigenvalue weighted by atomic mass is 16.6. The van der Waals surface area contributed by atoms with E-state index in [0.29, 0.717) is 6.42 Å². The summed E-state index contributed by atoms with van der Waals surface area (Å²) in [6.45, 7) is 9.14. The van der Waals surface area contributed by atoms with E-state index in [1.54, 1.807) is 6.08 Å². The fourth-order valence-electron chi connectivity index (χ4n) is 2.72. The van der Waals surface area contributed by atoms with Crippen LogP contribution in [0.25, 0.3) is 0 Å². The third-order valence-corrected chi connectivity index (χ3v) is 3.41. The highest BCUT2D eigenvalue weighted by molar-refractivity contribution is 6.00. The van der Waals surface area contributed by atoms with Gasteiger partial charge >= 0.3 is 5.97 Å². The van der Waals surface area contributed by atoms with Crippen LogP contribution < -0.4 is 0 Å². The molecule has 1 aliphatic rings. The van der Waals surface area contributed by atoms with Gasteiger partial charge in [-0.1, -0.05) is 26.3 Å². The largest absolute Gasteiger partial charge is 0.450 e. The maximum absolute atomic E-state index is 12.2. The number of allylic oxidation sites excluding steroid dienone is 1. The Hall–Kier alpha value is -1.12. The van der Waals surface area contributed by atoms with Gasteiger partial charge in [0.15, 0.2) is 11.4 Å². The number of ether oxygens (including phenoxy) is 1. The van der Waals surface area contributed by atoms with E-state index in [-0.39, 0.29) is 11.2 Å². The zero-order valence-electron chi connectivity index (χ0n) is 10.7. The number of hydrogen-bond acceptors (Lipinski definition) is 3. The van der Waals surface area contributed by atoms with Gasteiger partial charge in [-0.25, -0.2) is 0 Å². The number of ketones is 1. The molecule has 1 rings (SSSR count). The second kappa shape index (κ2) is 4.04. The average molecular weight is 224 g/mol. The van der Waals surface area contributed by atoms with Crippen LogP contribution in [0, 0.1) is 5.41 Å². The van der Waals surface area contributed by atoms with Gasteiger partial charge in [0.05, 0.1) is 0 Å². The van der Waals surface area contributed by atoms with Crippen molar-refractivity contribution in [2.24, 2.45) is 5.41 Å². The van der Waals surface area contributed by atoms with Gasteiger partial charge < -0.3 is 4.74 Å². The molecule has 0 heterocycles. The molecule has 0 fully saturated rings. The molecule has 0 bridgehead atoms. The van der Waals surface area contributed by atoms with Crippen molar-refractivity contribution in [3.63, 3.8) is 0 Å². The molecule has 0 aliphatic heterocycles. The van der Waals surface area contributed by atoms with E-state index in [4.69, 9.17) is 4.74 Å². The molecule has 0 spiro atoms. The first-order chi connectivity index (χ1) is 7.25. The molecule has 90 valence electrons. The first-order valence-corrected chi connectivity index (χ1v) is 5.66. The fourth-order valence-corrected chi connectivity index (χ4v) is 2.72. The molecule has 0 aromatic rings. The van der Waals surface area contributed by atoms with Gasteiger partial charge in [-0.05, 0) is 25.8 Å². The molecule has 0 N–H and O–H groups in total. The Morgan fingerprint density at radius 1 is 1.50 bits per heavy atom. The first kappa shape index (κ1) is 12.9. The molecule has 1 aliphatic carbocycles. The Morgan fingerprint density at radius 2 is 2.06 bits per heavy atom. The summed E-state index contributed by atoms with van der Waals surface area (Å²) in [4.78, 5) is 23.4. The summed E-state index contributed by atoms with van der Waals surface area (Å²) < 4.78 is 5.37. The molecular weight excluding hydrogens is 204 g/mol. The summed E-state index contributed by atoms with van der Waals surface area (Å²) in [5, 5.41) is 0. The van der Waals surface area contributed by atoms with Crippen molar-refractivity contribution in [3.05, 3.63) is 11.6 Å². The van der Waals surface area contributed by atoms with E-state index in [1.807, 2.05) is 27.7 Å². The van der Waals surface area contributed by atoms with Crippen LogP contribution in [0.5, 0.6) is 0 Å². The SMILES string of the molecule is CCC1(OC(C)=O)C(=O)C=C(C)CC1(C)C. The van der Waals surface area contributed by atoms with Crippen molar-refractivity contribution in [1.82, 2.24) is 0 Å². The highest BCUT2D eigenvalue weighted by Crippen LogP contribution is 2.46. The van der Waals surface area contributed by atoms with Crippen molar-refractivity contribution in [2.45, 2.75) is 53.1 Å². The number of hydrogen-bond donors (Lipinski definition) is 0. The molecule has 0 saturated carbocycles. The monoisotopic (exact) mass is 224 g/mol. The molecule has 3 nitrogen and oxygen atoms in total. The maximum atomic E-state index is 12.2. The minimum atomic E-state index is -0.988. The van der Waals surface area contributed by atoms with E-state index >= 15 is 0 Å². The minimum Gasteiger partial charge on any atom is -0.450 e. The molecule has 0 saturated heterocycles. The fraction of sp³-hybridized carbons (Fsp3) is 0.692. The third-order valence-electron chi connectivity index (χ3n) is 3.41. The van der Waals surface area contributed by atoms with Crippen LogP contribution in [0.3, 0.4) is 0 Å². The minimum absolute atomic E-state index is 0.0843. The van der Waals surface area contributed by atoms with Gasteiger partial charge in [-0.15, -0.1) is 0 Å². The molecule has 0 radical (unpaired) electrons. The zero-order chi connectivity index (χ0) is 12.6. The molecule has 16 heavy (non-hydrogen) atoms. The van der Waals surface area contributed by atoms with Gasteiger partial charge in [-0.2, -0.15) is 0 Å². The smallest absolute Gasteiger partial charge is 0.303 e. The third kappa shape index (κ3) is 1.91. The number of esters is 1. The topological polar surface area (TPSA) is 43.4 Å². The average Bonchev–Trinajstić information content (AvgIpc) is 2.09.